The van der Waals surface area contributed by atoms with E-state index in [0.29, 0.717) is 0 Å². The van der Waals surface area contributed by atoms with Crippen molar-refractivity contribution in [2.75, 3.05) is 23.3 Å². The number of hydrogen-bond acceptors (Lipinski definition) is 5. The van der Waals surface area contributed by atoms with Crippen LogP contribution in [0, 0.1) is 5.92 Å². The van der Waals surface area contributed by atoms with Gasteiger partial charge >= 0.3 is 0 Å². The Morgan fingerprint density at radius 3 is 2.47 bits per heavy atom. The van der Waals surface area contributed by atoms with Gasteiger partial charge in [0.1, 0.15) is 17.8 Å². The molecule has 178 valence electrons. The van der Waals surface area contributed by atoms with E-state index in [0.717, 1.165) is 65.6 Å². The third-order valence-electron chi connectivity index (χ3n) is 6.74. The van der Waals surface area contributed by atoms with E-state index in [-0.39, 0.29) is 11.8 Å². The van der Waals surface area contributed by atoms with Crippen molar-refractivity contribution in [3.63, 3.8) is 0 Å². The number of aromatic nitrogens is 4. The molecule has 0 saturated carbocycles. The summed E-state index contributed by atoms with van der Waals surface area (Å²) >= 11 is 0. The van der Waals surface area contributed by atoms with Crippen LogP contribution in [0.5, 0.6) is 0 Å². The molecule has 5 aromatic rings. The molecule has 36 heavy (non-hydrogen) atoms. The van der Waals surface area contributed by atoms with Gasteiger partial charge in [0.05, 0.1) is 17.1 Å². The Bertz CT molecular complexity index is 1470. The van der Waals surface area contributed by atoms with E-state index in [2.05, 4.69) is 20.2 Å². The van der Waals surface area contributed by atoms with Crippen LogP contribution in [0.15, 0.2) is 97.6 Å². The zero-order valence-corrected chi connectivity index (χ0v) is 19.8. The molecule has 1 fully saturated rings. The highest BCUT2D eigenvalue weighted by Gasteiger charge is 2.26. The number of para-hydroxylation sites is 1. The van der Waals surface area contributed by atoms with E-state index in [9.17, 15) is 4.79 Å². The summed E-state index contributed by atoms with van der Waals surface area (Å²) < 4.78 is 1.99. The number of carbonyl (C=O) groups excluding carboxylic acids is 1. The number of carbonyl (C=O) groups is 1. The quantitative estimate of drug-likeness (QED) is 0.373. The van der Waals surface area contributed by atoms with Gasteiger partial charge in [-0.15, -0.1) is 0 Å². The number of benzene rings is 2. The van der Waals surface area contributed by atoms with Gasteiger partial charge in [-0.2, -0.15) is 0 Å². The number of amides is 1. The fourth-order valence-electron chi connectivity index (χ4n) is 4.77. The molecular weight excluding hydrogens is 448 g/mol. The first-order chi connectivity index (χ1) is 17.7. The Labute approximate surface area is 209 Å². The van der Waals surface area contributed by atoms with E-state index in [1.807, 2.05) is 95.7 Å². The van der Waals surface area contributed by atoms with Crippen LogP contribution in [-0.4, -0.2) is 38.3 Å². The number of imidazole rings is 1. The fraction of sp³-hybridized carbons (Fsp3) is 0.172. The summed E-state index contributed by atoms with van der Waals surface area (Å²) in [6.07, 6.45) is 7.12. The minimum atomic E-state index is -0.0502. The van der Waals surface area contributed by atoms with Crippen molar-refractivity contribution in [1.82, 2.24) is 19.4 Å². The van der Waals surface area contributed by atoms with E-state index in [4.69, 9.17) is 4.98 Å². The molecule has 1 aliphatic rings. The zero-order chi connectivity index (χ0) is 24.3. The monoisotopic (exact) mass is 474 g/mol. The number of anilines is 2. The smallest absolute Gasteiger partial charge is 0.227 e. The Hall–Kier alpha value is -4.52. The molecule has 0 bridgehead atoms. The normalized spacial score (nSPS) is 14.2. The Morgan fingerprint density at radius 1 is 0.861 bits per heavy atom. The molecule has 0 aliphatic carbocycles. The molecule has 1 amide bonds. The number of nitrogens with zero attached hydrogens (tertiary/aromatic N) is 5. The second-order valence-electron chi connectivity index (χ2n) is 9.02. The van der Waals surface area contributed by atoms with Crippen LogP contribution >= 0.6 is 0 Å². The third kappa shape index (κ3) is 4.43. The molecule has 1 N–H and O–H groups in total. The average Bonchev–Trinajstić information content (AvgIpc) is 3.38. The summed E-state index contributed by atoms with van der Waals surface area (Å²) in [5, 5.41) is 3.18. The summed E-state index contributed by atoms with van der Waals surface area (Å²) in [4.78, 5) is 29.1. The topological polar surface area (TPSA) is 75.4 Å². The second kappa shape index (κ2) is 9.62. The average molecular weight is 475 g/mol. The van der Waals surface area contributed by atoms with Gasteiger partial charge in [-0.25, -0.2) is 15.0 Å². The minimum absolute atomic E-state index is 0.0502. The van der Waals surface area contributed by atoms with Crippen LogP contribution in [0.25, 0.3) is 28.2 Å². The van der Waals surface area contributed by atoms with Gasteiger partial charge in [0.2, 0.25) is 5.91 Å². The van der Waals surface area contributed by atoms with Crippen LogP contribution in [0.2, 0.25) is 0 Å². The highest BCUT2D eigenvalue weighted by atomic mass is 16.1. The molecule has 0 unspecified atom stereocenters. The summed E-state index contributed by atoms with van der Waals surface area (Å²) in [7, 11) is 0. The number of piperidine rings is 1. The van der Waals surface area contributed by atoms with Crippen molar-refractivity contribution in [3.8, 4) is 22.5 Å². The van der Waals surface area contributed by atoms with Crippen molar-refractivity contribution in [2.24, 2.45) is 5.92 Å². The largest absolute Gasteiger partial charge is 0.356 e. The second-order valence-corrected chi connectivity index (χ2v) is 9.02. The van der Waals surface area contributed by atoms with Crippen molar-refractivity contribution in [3.05, 3.63) is 97.6 Å². The highest BCUT2D eigenvalue weighted by Crippen LogP contribution is 2.30. The van der Waals surface area contributed by atoms with Gasteiger partial charge in [-0.05, 0) is 31.0 Å². The summed E-state index contributed by atoms with van der Waals surface area (Å²) in [6, 6.07) is 25.9. The Morgan fingerprint density at radius 2 is 1.64 bits per heavy atom. The molecule has 6 rings (SSSR count). The predicted molar refractivity (Wildman–Crippen MR) is 142 cm³/mol. The van der Waals surface area contributed by atoms with E-state index < -0.39 is 0 Å². The van der Waals surface area contributed by atoms with Crippen LogP contribution in [0.4, 0.5) is 11.5 Å². The number of fused-ring (bicyclic) bond motifs is 1. The molecule has 0 atom stereocenters. The first-order valence-corrected chi connectivity index (χ1v) is 12.2. The van der Waals surface area contributed by atoms with E-state index in [1.54, 1.807) is 6.33 Å². The first kappa shape index (κ1) is 22.0. The number of rotatable bonds is 5. The molecule has 0 radical (unpaired) electrons. The number of pyridine rings is 1. The lowest BCUT2D eigenvalue weighted by Gasteiger charge is -2.32. The van der Waals surface area contributed by atoms with Gasteiger partial charge in [0.15, 0.2) is 0 Å². The van der Waals surface area contributed by atoms with Crippen LogP contribution in [0.3, 0.4) is 0 Å². The maximum atomic E-state index is 13.2. The molecule has 7 heteroatoms. The SMILES string of the molecule is O=C(Nc1ccccc1-c1cn2ccccc2n1)C1CCN(c2cc(-c3ccccc3)ncn2)CC1. The van der Waals surface area contributed by atoms with Crippen molar-refractivity contribution >= 4 is 23.1 Å². The standard InChI is InChI=1S/C29H26N6O/c36-29(33-24-11-5-4-10-23(24)26-19-35-15-7-6-12-27(35)32-26)22-13-16-34(17-14-22)28-18-25(30-20-31-28)21-8-2-1-3-9-21/h1-12,15,18-20,22H,13-14,16-17H2,(H,33,36). The molecule has 0 spiro atoms. The molecule has 1 saturated heterocycles. The molecule has 1 aliphatic heterocycles. The highest BCUT2D eigenvalue weighted by molar-refractivity contribution is 5.96. The Kier molecular flexibility index (Phi) is 5.87. The van der Waals surface area contributed by atoms with Crippen molar-refractivity contribution in [2.45, 2.75) is 12.8 Å². The lowest BCUT2D eigenvalue weighted by atomic mass is 9.95. The molecule has 7 nitrogen and oxygen atoms in total. The fourth-order valence-corrected chi connectivity index (χ4v) is 4.77. The van der Waals surface area contributed by atoms with Crippen molar-refractivity contribution < 1.29 is 4.79 Å². The molecular formula is C29H26N6O. The van der Waals surface area contributed by atoms with Crippen molar-refractivity contribution in [1.29, 1.82) is 0 Å². The zero-order valence-electron chi connectivity index (χ0n) is 19.8. The summed E-state index contributed by atoms with van der Waals surface area (Å²) in [6.45, 7) is 1.55. The van der Waals surface area contributed by atoms with Gasteiger partial charge in [-0.1, -0.05) is 54.6 Å². The Balaban J connectivity index is 1.13. The van der Waals surface area contributed by atoms with Gasteiger partial charge in [0.25, 0.3) is 0 Å². The molecule has 4 heterocycles. The van der Waals surface area contributed by atoms with E-state index >= 15 is 0 Å². The molecule has 2 aromatic carbocycles. The maximum Gasteiger partial charge on any atom is 0.227 e. The van der Waals surface area contributed by atoms with Crippen LogP contribution in [-0.2, 0) is 4.79 Å². The molecule has 3 aromatic heterocycles. The first-order valence-electron chi connectivity index (χ1n) is 12.2. The summed E-state index contributed by atoms with van der Waals surface area (Å²) in [5.41, 5.74) is 5.40. The van der Waals surface area contributed by atoms with Gasteiger partial charge in [0, 0.05) is 48.6 Å². The third-order valence-corrected chi connectivity index (χ3v) is 6.74. The van der Waals surface area contributed by atoms with Gasteiger partial charge < -0.3 is 14.6 Å². The summed E-state index contributed by atoms with van der Waals surface area (Å²) in [5.74, 6) is 0.907. The lowest BCUT2D eigenvalue weighted by molar-refractivity contribution is -0.120. The van der Waals surface area contributed by atoms with E-state index in [1.165, 1.54) is 0 Å². The lowest BCUT2D eigenvalue weighted by Crippen LogP contribution is -2.38. The predicted octanol–water partition coefficient (Wildman–Crippen LogP) is 5.31. The number of nitrogens with one attached hydrogen (secondary N) is 1. The van der Waals surface area contributed by atoms with Crippen LogP contribution < -0.4 is 10.2 Å². The van der Waals surface area contributed by atoms with Crippen LogP contribution in [0.1, 0.15) is 12.8 Å². The maximum absolute atomic E-state index is 13.2. The number of hydrogen-bond donors (Lipinski definition) is 1. The van der Waals surface area contributed by atoms with Gasteiger partial charge in [-0.3, -0.25) is 4.79 Å². The minimum Gasteiger partial charge on any atom is -0.356 e.